The standard InChI is InChI=1S/C14H17ClN2O2S2/c1-3-17(9-11-5-4-6-20-11)21(18,19)12-7-10(2)14(15)13(16)8-12/h4-8H,3,9,16H2,1-2H3. The zero-order valence-corrected chi connectivity index (χ0v) is 14.2. The van der Waals surface area contributed by atoms with Crippen LogP contribution in [0, 0.1) is 6.92 Å². The molecule has 0 aliphatic rings. The van der Waals surface area contributed by atoms with Crippen LogP contribution in [-0.2, 0) is 16.6 Å². The second-order valence-electron chi connectivity index (χ2n) is 4.65. The zero-order valence-electron chi connectivity index (χ0n) is 11.8. The van der Waals surface area contributed by atoms with Crippen molar-refractivity contribution in [3.8, 4) is 0 Å². The molecule has 0 atom stereocenters. The van der Waals surface area contributed by atoms with Gasteiger partial charge in [0.2, 0.25) is 10.0 Å². The Morgan fingerprint density at radius 3 is 2.62 bits per heavy atom. The minimum Gasteiger partial charge on any atom is -0.397 e. The summed E-state index contributed by atoms with van der Waals surface area (Å²) in [4.78, 5) is 1.18. The van der Waals surface area contributed by atoms with Gasteiger partial charge in [-0.1, -0.05) is 24.6 Å². The van der Waals surface area contributed by atoms with Gasteiger partial charge in [-0.3, -0.25) is 0 Å². The fraction of sp³-hybridized carbons (Fsp3) is 0.286. The van der Waals surface area contributed by atoms with Gasteiger partial charge in [-0.15, -0.1) is 11.3 Å². The average Bonchev–Trinajstić information content (AvgIpc) is 2.94. The number of aryl methyl sites for hydroxylation is 1. The van der Waals surface area contributed by atoms with E-state index in [4.69, 9.17) is 17.3 Å². The fourth-order valence-electron chi connectivity index (χ4n) is 2.00. The molecule has 0 saturated carbocycles. The van der Waals surface area contributed by atoms with E-state index in [1.807, 2.05) is 24.4 Å². The van der Waals surface area contributed by atoms with Crippen molar-refractivity contribution in [2.75, 3.05) is 12.3 Å². The summed E-state index contributed by atoms with van der Waals surface area (Å²) in [6.07, 6.45) is 0. The first-order chi connectivity index (χ1) is 9.86. The monoisotopic (exact) mass is 344 g/mol. The Bertz CT molecular complexity index is 704. The molecule has 0 radical (unpaired) electrons. The van der Waals surface area contributed by atoms with Crippen molar-refractivity contribution in [3.05, 3.63) is 45.1 Å². The highest BCUT2D eigenvalue weighted by molar-refractivity contribution is 7.89. The summed E-state index contributed by atoms with van der Waals surface area (Å²) in [7, 11) is -3.59. The van der Waals surface area contributed by atoms with Gasteiger partial charge in [-0.2, -0.15) is 4.31 Å². The third-order valence-electron chi connectivity index (χ3n) is 3.16. The number of nitrogens with two attached hydrogens (primary N) is 1. The lowest BCUT2D eigenvalue weighted by atomic mass is 10.2. The van der Waals surface area contributed by atoms with Crippen molar-refractivity contribution in [2.45, 2.75) is 25.3 Å². The summed E-state index contributed by atoms with van der Waals surface area (Å²) >= 11 is 7.53. The number of anilines is 1. The lowest BCUT2D eigenvalue weighted by molar-refractivity contribution is 0.426. The second kappa shape index (κ2) is 6.36. The summed E-state index contributed by atoms with van der Waals surface area (Å²) in [5.41, 5.74) is 6.72. The highest BCUT2D eigenvalue weighted by Gasteiger charge is 2.24. The van der Waals surface area contributed by atoms with Crippen LogP contribution in [0.3, 0.4) is 0 Å². The van der Waals surface area contributed by atoms with Gasteiger partial charge < -0.3 is 5.73 Å². The van der Waals surface area contributed by atoms with E-state index in [1.165, 1.54) is 21.7 Å². The van der Waals surface area contributed by atoms with Crippen molar-refractivity contribution in [2.24, 2.45) is 0 Å². The van der Waals surface area contributed by atoms with Crippen LogP contribution in [0.2, 0.25) is 5.02 Å². The minimum atomic E-state index is -3.59. The number of nitrogens with zero attached hydrogens (tertiary/aromatic N) is 1. The maximum absolute atomic E-state index is 12.7. The van der Waals surface area contributed by atoms with Crippen molar-refractivity contribution < 1.29 is 8.42 Å². The molecular weight excluding hydrogens is 328 g/mol. The van der Waals surface area contributed by atoms with Crippen LogP contribution in [0.1, 0.15) is 17.4 Å². The van der Waals surface area contributed by atoms with Crippen molar-refractivity contribution in [1.82, 2.24) is 4.31 Å². The van der Waals surface area contributed by atoms with Crippen LogP contribution in [0.25, 0.3) is 0 Å². The lowest BCUT2D eigenvalue weighted by Gasteiger charge is -2.20. The Hall–Kier alpha value is -1.08. The van der Waals surface area contributed by atoms with Gasteiger partial charge in [0.25, 0.3) is 0 Å². The summed E-state index contributed by atoms with van der Waals surface area (Å²) in [6.45, 7) is 4.31. The normalized spacial score (nSPS) is 12.0. The quantitative estimate of drug-likeness (QED) is 0.844. The lowest BCUT2D eigenvalue weighted by Crippen LogP contribution is -2.30. The number of hydrogen-bond acceptors (Lipinski definition) is 4. The predicted octanol–water partition coefficient (Wildman–Crippen LogP) is 3.50. The molecule has 2 rings (SSSR count). The first-order valence-corrected chi connectivity index (χ1v) is 9.14. The van der Waals surface area contributed by atoms with E-state index in [2.05, 4.69) is 0 Å². The number of hydrogen-bond donors (Lipinski definition) is 1. The van der Waals surface area contributed by atoms with E-state index in [0.717, 1.165) is 4.88 Å². The average molecular weight is 345 g/mol. The van der Waals surface area contributed by atoms with Gasteiger partial charge in [-0.25, -0.2) is 8.42 Å². The number of halogens is 1. The summed E-state index contributed by atoms with van der Waals surface area (Å²) < 4.78 is 26.9. The molecular formula is C14H17ClN2O2S2. The van der Waals surface area contributed by atoms with Crippen LogP contribution in [0.15, 0.2) is 34.5 Å². The Kier molecular flexibility index (Phi) is 4.93. The number of thiophene rings is 1. The third-order valence-corrected chi connectivity index (χ3v) is 6.43. The predicted molar refractivity (Wildman–Crippen MR) is 88.2 cm³/mol. The van der Waals surface area contributed by atoms with E-state index in [9.17, 15) is 8.42 Å². The van der Waals surface area contributed by atoms with E-state index in [0.29, 0.717) is 23.7 Å². The molecule has 0 saturated heterocycles. The Balaban J connectivity index is 2.39. The van der Waals surface area contributed by atoms with Gasteiger partial charge in [0.15, 0.2) is 0 Å². The molecule has 2 N–H and O–H groups in total. The van der Waals surface area contributed by atoms with Crippen molar-refractivity contribution in [3.63, 3.8) is 0 Å². The van der Waals surface area contributed by atoms with Gasteiger partial charge in [0, 0.05) is 18.0 Å². The molecule has 0 bridgehead atoms. The van der Waals surface area contributed by atoms with Crippen LogP contribution >= 0.6 is 22.9 Å². The number of benzene rings is 1. The van der Waals surface area contributed by atoms with Crippen LogP contribution in [0.5, 0.6) is 0 Å². The zero-order chi connectivity index (χ0) is 15.6. The Morgan fingerprint density at radius 1 is 1.38 bits per heavy atom. The number of rotatable bonds is 5. The molecule has 21 heavy (non-hydrogen) atoms. The van der Waals surface area contributed by atoms with Crippen molar-refractivity contribution >= 4 is 38.6 Å². The summed E-state index contributed by atoms with van der Waals surface area (Å²) in [5.74, 6) is 0. The van der Waals surface area contributed by atoms with E-state index < -0.39 is 10.0 Å². The van der Waals surface area contributed by atoms with Crippen LogP contribution in [-0.4, -0.2) is 19.3 Å². The largest absolute Gasteiger partial charge is 0.397 e. The van der Waals surface area contributed by atoms with Gasteiger partial charge in [-0.05, 0) is 36.1 Å². The molecule has 1 heterocycles. The molecule has 0 fully saturated rings. The smallest absolute Gasteiger partial charge is 0.243 e. The molecule has 0 spiro atoms. The first-order valence-electron chi connectivity index (χ1n) is 6.44. The molecule has 0 aliphatic heterocycles. The SMILES string of the molecule is CCN(Cc1cccs1)S(=O)(=O)c1cc(C)c(Cl)c(N)c1. The molecule has 1 aromatic carbocycles. The Labute approximate surface area is 134 Å². The topological polar surface area (TPSA) is 63.4 Å². The molecule has 0 unspecified atom stereocenters. The molecule has 0 aliphatic carbocycles. The van der Waals surface area contributed by atoms with E-state index >= 15 is 0 Å². The fourth-order valence-corrected chi connectivity index (χ4v) is 4.46. The molecule has 2 aromatic rings. The van der Waals surface area contributed by atoms with Crippen LogP contribution in [0.4, 0.5) is 5.69 Å². The van der Waals surface area contributed by atoms with E-state index in [1.54, 1.807) is 13.0 Å². The van der Waals surface area contributed by atoms with E-state index in [-0.39, 0.29) is 10.6 Å². The highest BCUT2D eigenvalue weighted by Crippen LogP contribution is 2.29. The molecule has 1 aromatic heterocycles. The Morgan fingerprint density at radius 2 is 2.10 bits per heavy atom. The number of sulfonamides is 1. The van der Waals surface area contributed by atoms with Crippen LogP contribution < -0.4 is 5.73 Å². The second-order valence-corrected chi connectivity index (χ2v) is 8.00. The summed E-state index contributed by atoms with van der Waals surface area (Å²) in [5, 5.41) is 2.33. The molecule has 7 heteroatoms. The highest BCUT2D eigenvalue weighted by atomic mass is 35.5. The number of nitrogen functional groups attached to an aromatic ring is 1. The minimum absolute atomic E-state index is 0.181. The summed E-state index contributed by atoms with van der Waals surface area (Å²) in [6, 6.07) is 6.81. The maximum atomic E-state index is 12.7. The first kappa shape index (κ1) is 16.3. The molecule has 0 amide bonds. The maximum Gasteiger partial charge on any atom is 0.243 e. The van der Waals surface area contributed by atoms with Gasteiger partial charge >= 0.3 is 0 Å². The van der Waals surface area contributed by atoms with Crippen molar-refractivity contribution in [1.29, 1.82) is 0 Å². The van der Waals surface area contributed by atoms with Gasteiger partial charge in [0.05, 0.1) is 15.6 Å². The van der Waals surface area contributed by atoms with Gasteiger partial charge in [0.1, 0.15) is 0 Å². The molecule has 114 valence electrons. The molecule has 4 nitrogen and oxygen atoms in total. The third kappa shape index (κ3) is 3.40.